The minimum Gasteiger partial charge on any atom is -0.384 e. The molecule has 31 heavy (non-hydrogen) atoms. The molecule has 1 aliphatic carbocycles. The predicted octanol–water partition coefficient (Wildman–Crippen LogP) is 5.82. The maximum atomic E-state index is 6.11. The van der Waals surface area contributed by atoms with Gasteiger partial charge in [0, 0.05) is 5.92 Å². The molecule has 0 amide bonds. The minimum atomic E-state index is 0.241. The number of anilines is 1. The van der Waals surface area contributed by atoms with Crippen molar-refractivity contribution in [3.8, 4) is 0 Å². The van der Waals surface area contributed by atoms with Crippen LogP contribution < -0.4 is 5.73 Å². The highest BCUT2D eigenvalue weighted by atomic mass is 15.3. The Bertz CT molecular complexity index is 1120. The number of aromatic nitrogens is 4. The number of aromatic amines is 1. The van der Waals surface area contributed by atoms with Gasteiger partial charge < -0.3 is 5.73 Å². The van der Waals surface area contributed by atoms with E-state index in [1.807, 2.05) is 6.07 Å². The van der Waals surface area contributed by atoms with Crippen LogP contribution in [0, 0.1) is 5.92 Å². The molecule has 1 unspecified atom stereocenters. The van der Waals surface area contributed by atoms with Gasteiger partial charge >= 0.3 is 0 Å². The molecule has 5 nitrogen and oxygen atoms in total. The van der Waals surface area contributed by atoms with Crippen LogP contribution in [0.25, 0.3) is 11.2 Å². The SMILES string of the molecule is Nc1cc(C(CCC[C@@H]2CC[C@H](c3ccccc3)C2)c2ccccc2)c2n[nH]nc2n1. The Morgan fingerprint density at radius 3 is 2.55 bits per heavy atom. The Labute approximate surface area is 183 Å². The molecular weight excluding hydrogens is 382 g/mol. The highest BCUT2D eigenvalue weighted by Crippen LogP contribution is 2.41. The Hall–Kier alpha value is -3.21. The highest BCUT2D eigenvalue weighted by Gasteiger charge is 2.26. The molecule has 2 heterocycles. The van der Waals surface area contributed by atoms with E-state index in [1.54, 1.807) is 0 Å². The van der Waals surface area contributed by atoms with E-state index < -0.39 is 0 Å². The number of nitrogens with two attached hydrogens (primary N) is 1. The van der Waals surface area contributed by atoms with Crippen molar-refractivity contribution in [1.29, 1.82) is 0 Å². The number of fused-ring (bicyclic) bond motifs is 1. The molecule has 3 N–H and O–H groups in total. The van der Waals surface area contributed by atoms with Crippen LogP contribution in [0.3, 0.4) is 0 Å². The van der Waals surface area contributed by atoms with Gasteiger partial charge in [0.15, 0.2) is 0 Å². The fourth-order valence-corrected chi connectivity index (χ4v) is 5.31. The predicted molar refractivity (Wildman–Crippen MR) is 125 cm³/mol. The lowest BCUT2D eigenvalue weighted by Crippen LogP contribution is -2.06. The number of nitrogens with one attached hydrogen (secondary N) is 1. The van der Waals surface area contributed by atoms with Crippen LogP contribution in [0.5, 0.6) is 0 Å². The lowest BCUT2D eigenvalue weighted by Gasteiger charge is -2.20. The van der Waals surface area contributed by atoms with Crippen molar-refractivity contribution in [2.24, 2.45) is 5.92 Å². The van der Waals surface area contributed by atoms with E-state index >= 15 is 0 Å². The highest BCUT2D eigenvalue weighted by molar-refractivity contribution is 5.77. The van der Waals surface area contributed by atoms with Gasteiger partial charge in [0.25, 0.3) is 0 Å². The van der Waals surface area contributed by atoms with Gasteiger partial charge in [-0.2, -0.15) is 10.3 Å². The normalized spacial score (nSPS) is 19.6. The number of nitrogen functional groups attached to an aromatic ring is 1. The number of pyridine rings is 1. The summed E-state index contributed by atoms with van der Waals surface area (Å²) >= 11 is 0. The van der Waals surface area contributed by atoms with Crippen LogP contribution in [-0.2, 0) is 0 Å². The summed E-state index contributed by atoms with van der Waals surface area (Å²) in [5.74, 6) is 2.28. The molecule has 1 fully saturated rings. The first-order chi connectivity index (χ1) is 15.3. The molecule has 0 radical (unpaired) electrons. The minimum absolute atomic E-state index is 0.241. The molecule has 0 bridgehead atoms. The quantitative estimate of drug-likeness (QED) is 0.401. The average Bonchev–Trinajstić information content (AvgIpc) is 3.47. The second kappa shape index (κ2) is 8.88. The molecule has 4 aromatic rings. The summed E-state index contributed by atoms with van der Waals surface area (Å²) in [6.07, 6.45) is 7.50. The van der Waals surface area contributed by atoms with E-state index in [9.17, 15) is 0 Å². The van der Waals surface area contributed by atoms with Crippen molar-refractivity contribution in [2.75, 3.05) is 5.73 Å². The maximum absolute atomic E-state index is 6.11. The molecule has 0 aliphatic heterocycles. The molecular formula is C26H29N5. The van der Waals surface area contributed by atoms with E-state index in [0.717, 1.165) is 29.3 Å². The van der Waals surface area contributed by atoms with Gasteiger partial charge in [-0.05, 0) is 60.3 Å². The first-order valence-electron chi connectivity index (χ1n) is 11.3. The first-order valence-corrected chi connectivity index (χ1v) is 11.3. The number of nitrogens with zero attached hydrogens (tertiary/aromatic N) is 3. The first kappa shape index (κ1) is 19.7. The molecule has 0 spiro atoms. The molecule has 5 rings (SSSR count). The van der Waals surface area contributed by atoms with Crippen LogP contribution in [-0.4, -0.2) is 20.4 Å². The van der Waals surface area contributed by atoms with Crippen LogP contribution in [0.4, 0.5) is 5.82 Å². The number of H-pyrrole nitrogens is 1. The summed E-state index contributed by atoms with van der Waals surface area (Å²) in [4.78, 5) is 4.33. The van der Waals surface area contributed by atoms with Crippen LogP contribution >= 0.6 is 0 Å². The van der Waals surface area contributed by atoms with Crippen LogP contribution in [0.15, 0.2) is 66.7 Å². The topological polar surface area (TPSA) is 80.5 Å². The van der Waals surface area contributed by atoms with E-state index in [-0.39, 0.29) is 5.92 Å². The zero-order valence-corrected chi connectivity index (χ0v) is 17.7. The third-order valence-corrected chi connectivity index (χ3v) is 6.84. The fourth-order valence-electron chi connectivity index (χ4n) is 5.31. The summed E-state index contributed by atoms with van der Waals surface area (Å²) in [7, 11) is 0. The zero-order valence-electron chi connectivity index (χ0n) is 17.7. The monoisotopic (exact) mass is 411 g/mol. The molecule has 5 heteroatoms. The maximum Gasteiger partial charge on any atom is 0.203 e. The smallest absolute Gasteiger partial charge is 0.203 e. The molecule has 1 saturated carbocycles. The van der Waals surface area contributed by atoms with Crippen LogP contribution in [0.2, 0.25) is 0 Å². The summed E-state index contributed by atoms with van der Waals surface area (Å²) in [5.41, 5.74) is 11.5. The molecule has 2 aromatic heterocycles. The second-order valence-corrected chi connectivity index (χ2v) is 8.81. The average molecular weight is 412 g/mol. The van der Waals surface area contributed by atoms with Crippen molar-refractivity contribution in [3.63, 3.8) is 0 Å². The molecule has 1 aliphatic rings. The summed E-state index contributed by atoms with van der Waals surface area (Å²) in [6, 6.07) is 23.7. The number of hydrogen-bond donors (Lipinski definition) is 2. The van der Waals surface area contributed by atoms with Crippen molar-refractivity contribution < 1.29 is 0 Å². The Kier molecular flexibility index (Phi) is 5.65. The molecule has 158 valence electrons. The van der Waals surface area contributed by atoms with E-state index in [4.69, 9.17) is 5.73 Å². The molecule has 3 atom stereocenters. The van der Waals surface area contributed by atoms with Gasteiger partial charge in [-0.1, -0.05) is 73.5 Å². The number of benzene rings is 2. The lowest BCUT2D eigenvalue weighted by molar-refractivity contribution is 0.459. The third-order valence-electron chi connectivity index (χ3n) is 6.84. The second-order valence-electron chi connectivity index (χ2n) is 8.81. The van der Waals surface area contributed by atoms with Gasteiger partial charge in [0.2, 0.25) is 5.65 Å². The van der Waals surface area contributed by atoms with E-state index in [2.05, 4.69) is 81.1 Å². The summed E-state index contributed by atoms with van der Waals surface area (Å²) in [5, 5.41) is 11.3. The largest absolute Gasteiger partial charge is 0.384 e. The Morgan fingerprint density at radius 1 is 0.968 bits per heavy atom. The zero-order chi connectivity index (χ0) is 21.0. The van der Waals surface area contributed by atoms with Crippen LogP contribution in [0.1, 0.15) is 67.1 Å². The molecule has 0 saturated heterocycles. The fraction of sp³-hybridized carbons (Fsp3) is 0.346. The third kappa shape index (κ3) is 4.31. The van der Waals surface area contributed by atoms with Crippen molar-refractivity contribution in [2.45, 2.75) is 50.4 Å². The Balaban J connectivity index is 1.31. The van der Waals surface area contributed by atoms with Gasteiger partial charge in [-0.25, -0.2) is 4.98 Å². The van der Waals surface area contributed by atoms with Gasteiger partial charge in [0.05, 0.1) is 0 Å². The number of hydrogen-bond acceptors (Lipinski definition) is 4. The van der Waals surface area contributed by atoms with Crippen molar-refractivity contribution >= 4 is 17.0 Å². The standard InChI is InChI=1S/C26H29N5/c27-24-17-23(25-26(28-24)30-31-29-25)22(20-11-5-2-6-12-20)13-7-8-18-14-15-21(16-18)19-9-3-1-4-10-19/h1-6,9-12,17-18,21-22H,7-8,13-16H2,(H3,27,28,29,30,31)/t18-,21+,22?/m1/s1. The van der Waals surface area contributed by atoms with Crippen molar-refractivity contribution in [1.82, 2.24) is 20.4 Å². The molecule has 2 aromatic carbocycles. The van der Waals surface area contributed by atoms with Crippen molar-refractivity contribution in [3.05, 3.63) is 83.4 Å². The van der Waals surface area contributed by atoms with E-state index in [1.165, 1.54) is 43.2 Å². The van der Waals surface area contributed by atoms with Gasteiger partial charge in [-0.3, -0.25) is 0 Å². The summed E-state index contributed by atoms with van der Waals surface area (Å²) in [6.45, 7) is 0. The van der Waals surface area contributed by atoms with Gasteiger partial charge in [0.1, 0.15) is 11.3 Å². The number of rotatable bonds is 7. The van der Waals surface area contributed by atoms with Gasteiger partial charge in [-0.15, -0.1) is 5.10 Å². The Morgan fingerprint density at radius 2 is 1.74 bits per heavy atom. The lowest BCUT2D eigenvalue weighted by atomic mass is 9.85. The van der Waals surface area contributed by atoms with E-state index in [0.29, 0.717) is 11.5 Å². The summed E-state index contributed by atoms with van der Waals surface area (Å²) < 4.78 is 0.